The second kappa shape index (κ2) is 7.76. The van der Waals surface area contributed by atoms with Gasteiger partial charge in [0.25, 0.3) is 0 Å². The molecule has 0 aliphatic rings. The van der Waals surface area contributed by atoms with Crippen LogP contribution in [-0.4, -0.2) is 39.0 Å². The molecule has 8 nitrogen and oxygen atoms in total. The first kappa shape index (κ1) is 19.0. The van der Waals surface area contributed by atoms with Gasteiger partial charge in [-0.05, 0) is 55.5 Å². The highest BCUT2D eigenvalue weighted by atomic mass is 15.1. The van der Waals surface area contributed by atoms with E-state index in [4.69, 9.17) is 4.98 Å². The van der Waals surface area contributed by atoms with Gasteiger partial charge in [0.2, 0.25) is 0 Å². The van der Waals surface area contributed by atoms with Crippen LogP contribution in [0.2, 0.25) is 0 Å². The molecule has 0 aliphatic heterocycles. The molecule has 0 radical (unpaired) electrons. The molecule has 0 unspecified atom stereocenters. The Bertz CT molecular complexity index is 1550. The zero-order valence-electron chi connectivity index (χ0n) is 17.7. The second-order valence-electron chi connectivity index (χ2n) is 7.59. The van der Waals surface area contributed by atoms with Crippen LogP contribution in [-0.2, 0) is 0 Å². The van der Waals surface area contributed by atoms with Crippen LogP contribution in [0.15, 0.2) is 92.0 Å². The average Bonchev–Trinajstić information content (AvgIpc) is 3.50. The highest BCUT2D eigenvalue weighted by Gasteiger charge is 2.15. The molecule has 0 saturated heterocycles. The summed E-state index contributed by atoms with van der Waals surface area (Å²) in [6.07, 6.45) is 10.6. The van der Waals surface area contributed by atoms with Crippen molar-refractivity contribution in [3.63, 3.8) is 0 Å². The molecule has 0 amide bonds. The summed E-state index contributed by atoms with van der Waals surface area (Å²) < 4.78 is 3.99. The molecule has 5 aromatic heterocycles. The number of pyridine rings is 2. The van der Waals surface area contributed by atoms with Gasteiger partial charge in [0.15, 0.2) is 5.65 Å². The lowest BCUT2D eigenvalue weighted by atomic mass is 10.2. The predicted molar refractivity (Wildman–Crippen MR) is 125 cm³/mol. The van der Waals surface area contributed by atoms with E-state index in [-0.39, 0.29) is 0 Å². The van der Waals surface area contributed by atoms with E-state index < -0.39 is 0 Å². The van der Waals surface area contributed by atoms with Crippen LogP contribution in [0.4, 0.5) is 0 Å². The van der Waals surface area contributed by atoms with E-state index >= 15 is 0 Å². The van der Waals surface area contributed by atoms with Crippen molar-refractivity contribution in [1.82, 2.24) is 39.0 Å². The molecule has 6 aromatic rings. The number of aromatic nitrogens is 8. The minimum absolute atomic E-state index is 0.754. The van der Waals surface area contributed by atoms with Gasteiger partial charge in [-0.2, -0.15) is 0 Å². The Hall–Kier alpha value is -4.72. The normalized spacial score (nSPS) is 11.2. The maximum absolute atomic E-state index is 4.92. The van der Waals surface area contributed by atoms with E-state index in [0.29, 0.717) is 0 Å². The zero-order chi connectivity index (χ0) is 22.2. The lowest BCUT2D eigenvalue weighted by Crippen LogP contribution is -1.98. The summed E-state index contributed by atoms with van der Waals surface area (Å²) in [5, 5.41) is 0. The van der Waals surface area contributed by atoms with Crippen LogP contribution in [0.1, 0.15) is 5.69 Å². The third-order valence-corrected chi connectivity index (χ3v) is 5.42. The fourth-order valence-electron chi connectivity index (χ4n) is 3.75. The average molecular weight is 430 g/mol. The quantitative estimate of drug-likeness (QED) is 0.411. The maximum Gasteiger partial charge on any atom is 0.167 e. The van der Waals surface area contributed by atoms with Crippen LogP contribution in [0.25, 0.3) is 45.3 Å². The molecule has 33 heavy (non-hydrogen) atoms. The summed E-state index contributed by atoms with van der Waals surface area (Å²) in [6.45, 7) is 1.97. The van der Waals surface area contributed by atoms with E-state index in [1.165, 1.54) is 6.33 Å². The minimum atomic E-state index is 0.754. The van der Waals surface area contributed by atoms with Crippen molar-refractivity contribution in [2.24, 2.45) is 0 Å². The van der Waals surface area contributed by atoms with Gasteiger partial charge in [-0.15, -0.1) is 0 Å². The first-order chi connectivity index (χ1) is 16.3. The van der Waals surface area contributed by atoms with Crippen LogP contribution in [0.5, 0.6) is 0 Å². The maximum atomic E-state index is 4.92. The molecule has 0 atom stereocenters. The summed E-state index contributed by atoms with van der Waals surface area (Å²) in [6, 6.07) is 18.0. The van der Waals surface area contributed by atoms with E-state index in [1.54, 1.807) is 18.7 Å². The number of imidazole rings is 2. The van der Waals surface area contributed by atoms with Crippen molar-refractivity contribution in [2.75, 3.05) is 0 Å². The smallest absolute Gasteiger partial charge is 0.167 e. The Balaban J connectivity index is 1.45. The third-order valence-electron chi connectivity index (χ3n) is 5.42. The number of nitrogens with zero attached hydrogens (tertiary/aromatic N) is 8. The Labute approximate surface area is 189 Å². The van der Waals surface area contributed by atoms with Crippen molar-refractivity contribution in [3.05, 3.63) is 97.7 Å². The number of hydrogen-bond donors (Lipinski definition) is 0. The molecule has 0 N–H and O–H groups in total. The van der Waals surface area contributed by atoms with Crippen molar-refractivity contribution in [2.45, 2.75) is 6.92 Å². The van der Waals surface area contributed by atoms with Crippen LogP contribution >= 0.6 is 0 Å². The summed E-state index contributed by atoms with van der Waals surface area (Å²) in [7, 11) is 0. The van der Waals surface area contributed by atoms with Crippen molar-refractivity contribution < 1.29 is 0 Å². The van der Waals surface area contributed by atoms with E-state index in [0.717, 1.165) is 51.0 Å². The minimum Gasteiger partial charge on any atom is -0.298 e. The largest absolute Gasteiger partial charge is 0.298 e. The Kier molecular flexibility index (Phi) is 4.47. The van der Waals surface area contributed by atoms with Gasteiger partial charge in [0.1, 0.15) is 29.7 Å². The van der Waals surface area contributed by atoms with Gasteiger partial charge in [0.05, 0.1) is 23.8 Å². The van der Waals surface area contributed by atoms with Crippen molar-refractivity contribution in [3.8, 4) is 34.2 Å². The fourth-order valence-corrected chi connectivity index (χ4v) is 3.75. The highest BCUT2D eigenvalue weighted by Crippen LogP contribution is 2.28. The van der Waals surface area contributed by atoms with Crippen LogP contribution in [0.3, 0.4) is 0 Å². The number of aryl methyl sites for hydroxylation is 1. The molecule has 0 fully saturated rings. The zero-order valence-corrected chi connectivity index (χ0v) is 17.7. The molecule has 8 heteroatoms. The third kappa shape index (κ3) is 3.43. The molecule has 6 rings (SSSR count). The van der Waals surface area contributed by atoms with Crippen LogP contribution in [0, 0.1) is 6.92 Å². The molecule has 0 spiro atoms. The molecule has 158 valence electrons. The van der Waals surface area contributed by atoms with Gasteiger partial charge >= 0.3 is 0 Å². The summed E-state index contributed by atoms with van der Waals surface area (Å²) in [5.41, 5.74) is 6.97. The number of hydrogen-bond acceptors (Lipinski definition) is 6. The highest BCUT2D eigenvalue weighted by molar-refractivity contribution is 5.72. The predicted octanol–water partition coefficient (Wildman–Crippen LogP) is 4.43. The molecule has 0 bridgehead atoms. The Morgan fingerprint density at radius 1 is 0.727 bits per heavy atom. The molecular formula is C25H18N8. The van der Waals surface area contributed by atoms with E-state index in [9.17, 15) is 0 Å². The monoisotopic (exact) mass is 430 g/mol. The molecule has 0 saturated carbocycles. The molecular weight excluding hydrogens is 412 g/mol. The van der Waals surface area contributed by atoms with Gasteiger partial charge in [0, 0.05) is 29.3 Å². The Morgan fingerprint density at radius 3 is 2.39 bits per heavy atom. The van der Waals surface area contributed by atoms with Crippen molar-refractivity contribution in [1.29, 1.82) is 0 Å². The first-order valence-corrected chi connectivity index (χ1v) is 10.4. The Morgan fingerprint density at radius 2 is 1.61 bits per heavy atom. The number of benzene rings is 1. The second-order valence-corrected chi connectivity index (χ2v) is 7.59. The number of rotatable bonds is 4. The standard InChI is InChI=1S/C25H18N8/c1-17-5-8-20(12-28-17)32-14-23(21-4-2-3-11-27-21)31-24(32)18-6-9-19(10-7-18)33-16-30-22-13-26-15-29-25(22)33/h2-16H,1H3. The van der Waals surface area contributed by atoms with Gasteiger partial charge < -0.3 is 0 Å². The van der Waals surface area contributed by atoms with Crippen molar-refractivity contribution >= 4 is 11.2 Å². The van der Waals surface area contributed by atoms with E-state index in [2.05, 4.69) is 24.9 Å². The van der Waals surface area contributed by atoms with Gasteiger partial charge in [-0.3, -0.25) is 19.1 Å². The topological polar surface area (TPSA) is 87.2 Å². The fraction of sp³-hybridized carbons (Fsp3) is 0.0400. The molecule has 1 aromatic carbocycles. The summed E-state index contributed by atoms with van der Waals surface area (Å²) >= 11 is 0. The lowest BCUT2D eigenvalue weighted by molar-refractivity contribution is 1.03. The summed E-state index contributed by atoms with van der Waals surface area (Å²) in [5.74, 6) is 0.811. The summed E-state index contributed by atoms with van der Waals surface area (Å²) in [4.78, 5) is 26.6. The lowest BCUT2D eigenvalue weighted by Gasteiger charge is -2.09. The van der Waals surface area contributed by atoms with Gasteiger partial charge in [-0.1, -0.05) is 6.07 Å². The van der Waals surface area contributed by atoms with E-state index in [1.807, 2.05) is 83.0 Å². The van der Waals surface area contributed by atoms with Crippen LogP contribution < -0.4 is 0 Å². The number of fused-ring (bicyclic) bond motifs is 1. The first-order valence-electron chi connectivity index (χ1n) is 10.4. The molecule has 0 aliphatic carbocycles. The SMILES string of the molecule is Cc1ccc(-n2cc(-c3ccccn3)nc2-c2ccc(-n3cnc4cncnc43)cc2)cn1. The molecule has 5 heterocycles. The van der Waals surface area contributed by atoms with Gasteiger partial charge in [-0.25, -0.2) is 19.9 Å².